The fraction of sp³-hybridized carbons (Fsp3) is 0.650. The van der Waals surface area contributed by atoms with Crippen molar-refractivity contribution in [2.45, 2.75) is 45.6 Å². The number of carbonyl (C=O) groups excluding carboxylic acids is 1. The van der Waals surface area contributed by atoms with Gasteiger partial charge in [-0.1, -0.05) is 26.7 Å². The van der Waals surface area contributed by atoms with Gasteiger partial charge in [0.15, 0.2) is 0 Å². The number of anilines is 1. The van der Waals surface area contributed by atoms with Crippen LogP contribution in [0.25, 0.3) is 0 Å². The molecule has 1 heterocycles. The predicted molar refractivity (Wildman–Crippen MR) is 101 cm³/mol. The van der Waals surface area contributed by atoms with Crippen molar-refractivity contribution in [2.24, 2.45) is 5.92 Å². The fourth-order valence-corrected chi connectivity index (χ4v) is 3.18. The van der Waals surface area contributed by atoms with Gasteiger partial charge in [0.05, 0.1) is 12.7 Å². The van der Waals surface area contributed by atoms with Gasteiger partial charge in [-0.2, -0.15) is 0 Å². The van der Waals surface area contributed by atoms with Gasteiger partial charge in [-0.15, -0.1) is 0 Å². The first-order chi connectivity index (χ1) is 12.0. The van der Waals surface area contributed by atoms with E-state index in [-0.39, 0.29) is 5.91 Å². The number of fused-ring (bicyclic) bond motifs is 1. The molecule has 25 heavy (non-hydrogen) atoms. The molecule has 0 fully saturated rings. The van der Waals surface area contributed by atoms with Crippen LogP contribution in [0.3, 0.4) is 0 Å². The van der Waals surface area contributed by atoms with E-state index in [1.54, 1.807) is 7.11 Å². The van der Waals surface area contributed by atoms with Gasteiger partial charge < -0.3 is 20.1 Å². The number of hydrogen-bond acceptors (Lipinski definition) is 4. The second-order valence-corrected chi connectivity index (χ2v) is 7.22. The molecule has 0 aromatic heterocycles. The zero-order chi connectivity index (χ0) is 18.2. The third-order valence-electron chi connectivity index (χ3n) is 4.63. The third kappa shape index (κ3) is 5.72. The first-order valence-corrected chi connectivity index (χ1v) is 9.37. The maximum absolute atomic E-state index is 12.4. The summed E-state index contributed by atoms with van der Waals surface area (Å²) in [5, 5.41) is 13.6. The number of benzene rings is 1. The van der Waals surface area contributed by atoms with Crippen LogP contribution in [0.15, 0.2) is 18.2 Å². The van der Waals surface area contributed by atoms with E-state index in [1.165, 1.54) is 0 Å². The average molecular weight is 348 g/mol. The number of hydrogen-bond donors (Lipinski definition) is 2. The molecule has 5 heteroatoms. The van der Waals surface area contributed by atoms with Crippen molar-refractivity contribution < 1.29 is 14.6 Å². The van der Waals surface area contributed by atoms with E-state index in [0.29, 0.717) is 24.6 Å². The third-order valence-corrected chi connectivity index (χ3v) is 4.63. The molecular formula is C20H32N2O3. The van der Waals surface area contributed by atoms with Gasteiger partial charge in [-0.3, -0.25) is 4.79 Å². The van der Waals surface area contributed by atoms with Crippen molar-refractivity contribution in [3.05, 3.63) is 29.3 Å². The lowest BCUT2D eigenvalue weighted by Crippen LogP contribution is -2.30. The SMILES string of the molecule is COCCN1CCCCCC(O)c2cc(C(=O)NCC(C)C)ccc21. The highest BCUT2D eigenvalue weighted by molar-refractivity contribution is 5.95. The Labute approximate surface area is 151 Å². The van der Waals surface area contributed by atoms with Gasteiger partial charge in [0.2, 0.25) is 0 Å². The number of nitrogens with zero attached hydrogens (tertiary/aromatic N) is 1. The van der Waals surface area contributed by atoms with E-state index in [0.717, 1.165) is 50.0 Å². The molecule has 0 saturated heterocycles. The normalized spacial score (nSPS) is 18.3. The van der Waals surface area contributed by atoms with Crippen LogP contribution in [-0.4, -0.2) is 44.4 Å². The molecule has 140 valence electrons. The molecule has 2 N–H and O–H groups in total. The molecule has 0 saturated carbocycles. The molecule has 1 atom stereocenters. The maximum Gasteiger partial charge on any atom is 0.251 e. The van der Waals surface area contributed by atoms with Crippen molar-refractivity contribution in [1.82, 2.24) is 5.32 Å². The van der Waals surface area contributed by atoms with Gasteiger partial charge in [0, 0.05) is 43.6 Å². The van der Waals surface area contributed by atoms with Crippen LogP contribution in [0.1, 0.15) is 61.6 Å². The Bertz CT molecular complexity index is 560. The molecule has 1 aromatic rings. The lowest BCUT2D eigenvalue weighted by atomic mass is 9.99. The number of ether oxygens (including phenoxy) is 1. The molecule has 1 unspecified atom stereocenters. The summed E-state index contributed by atoms with van der Waals surface area (Å²) in [6.45, 7) is 7.17. The highest BCUT2D eigenvalue weighted by atomic mass is 16.5. The minimum atomic E-state index is -0.531. The smallest absolute Gasteiger partial charge is 0.251 e. The Balaban J connectivity index is 2.28. The molecular weight excluding hydrogens is 316 g/mol. The molecule has 0 radical (unpaired) electrons. The summed E-state index contributed by atoms with van der Waals surface area (Å²) in [4.78, 5) is 14.7. The first-order valence-electron chi connectivity index (χ1n) is 9.37. The van der Waals surface area contributed by atoms with Gasteiger partial charge >= 0.3 is 0 Å². The quantitative estimate of drug-likeness (QED) is 0.829. The summed E-state index contributed by atoms with van der Waals surface area (Å²) < 4.78 is 5.24. The number of rotatable bonds is 6. The van der Waals surface area contributed by atoms with Gasteiger partial charge in [0.25, 0.3) is 5.91 Å². The van der Waals surface area contributed by atoms with Crippen LogP contribution in [-0.2, 0) is 4.74 Å². The topological polar surface area (TPSA) is 61.8 Å². The molecule has 1 amide bonds. The van der Waals surface area contributed by atoms with Crippen molar-refractivity contribution in [2.75, 3.05) is 38.3 Å². The van der Waals surface area contributed by atoms with Crippen LogP contribution in [0.4, 0.5) is 5.69 Å². The summed E-state index contributed by atoms with van der Waals surface area (Å²) in [7, 11) is 1.70. The molecule has 0 aliphatic carbocycles. The van der Waals surface area contributed by atoms with Crippen molar-refractivity contribution in [1.29, 1.82) is 0 Å². The summed E-state index contributed by atoms with van der Waals surface area (Å²) in [5.41, 5.74) is 2.49. The van der Waals surface area contributed by atoms with Gasteiger partial charge in [-0.05, 0) is 37.0 Å². The maximum atomic E-state index is 12.4. The molecule has 1 aliphatic heterocycles. The standard InChI is InChI=1S/C20H32N2O3/c1-15(2)14-21-20(24)16-8-9-18-17(13-16)19(23)7-5-4-6-10-22(18)11-12-25-3/h8-9,13,15,19,23H,4-7,10-12,14H2,1-3H3,(H,21,24). The summed E-state index contributed by atoms with van der Waals surface area (Å²) >= 11 is 0. The molecule has 2 rings (SSSR count). The van der Waals surface area contributed by atoms with E-state index >= 15 is 0 Å². The number of nitrogens with one attached hydrogen (secondary N) is 1. The lowest BCUT2D eigenvalue weighted by Gasteiger charge is -2.28. The van der Waals surface area contributed by atoms with Crippen LogP contribution in [0, 0.1) is 5.92 Å². The van der Waals surface area contributed by atoms with Crippen LogP contribution in [0.2, 0.25) is 0 Å². The first kappa shape index (κ1) is 19.7. The van der Waals surface area contributed by atoms with E-state index in [2.05, 4.69) is 24.1 Å². The second kappa shape index (κ2) is 9.78. The number of methoxy groups -OCH3 is 1. The minimum Gasteiger partial charge on any atom is -0.388 e. The van der Waals surface area contributed by atoms with Gasteiger partial charge in [0.1, 0.15) is 0 Å². The average Bonchev–Trinajstić information content (AvgIpc) is 2.67. The Morgan fingerprint density at radius 2 is 2.16 bits per heavy atom. The number of aliphatic hydroxyl groups excluding tert-OH is 1. The summed E-state index contributed by atoms with van der Waals surface area (Å²) in [5.74, 6) is 0.332. The lowest BCUT2D eigenvalue weighted by molar-refractivity contribution is 0.0948. The van der Waals surface area contributed by atoms with Crippen LogP contribution < -0.4 is 10.2 Å². The van der Waals surface area contributed by atoms with Crippen molar-refractivity contribution >= 4 is 11.6 Å². The second-order valence-electron chi connectivity index (χ2n) is 7.22. The Morgan fingerprint density at radius 1 is 1.36 bits per heavy atom. The molecule has 1 aromatic carbocycles. The Hall–Kier alpha value is -1.59. The minimum absolute atomic E-state index is 0.0768. The largest absolute Gasteiger partial charge is 0.388 e. The molecule has 0 bridgehead atoms. The Morgan fingerprint density at radius 3 is 2.88 bits per heavy atom. The highest BCUT2D eigenvalue weighted by Gasteiger charge is 2.21. The molecule has 1 aliphatic rings. The highest BCUT2D eigenvalue weighted by Crippen LogP contribution is 2.32. The summed E-state index contributed by atoms with van der Waals surface area (Å²) in [6, 6.07) is 5.70. The molecule has 0 spiro atoms. The number of amides is 1. The van der Waals surface area contributed by atoms with E-state index in [9.17, 15) is 9.90 Å². The Kier molecular flexibility index (Phi) is 7.72. The fourth-order valence-electron chi connectivity index (χ4n) is 3.18. The van der Waals surface area contributed by atoms with Crippen molar-refractivity contribution in [3.63, 3.8) is 0 Å². The summed E-state index contributed by atoms with van der Waals surface area (Å²) in [6.07, 6.45) is 3.42. The zero-order valence-corrected chi connectivity index (χ0v) is 15.8. The monoisotopic (exact) mass is 348 g/mol. The zero-order valence-electron chi connectivity index (χ0n) is 15.8. The van der Waals surface area contributed by atoms with E-state index in [4.69, 9.17) is 4.74 Å². The number of carbonyl (C=O) groups is 1. The van der Waals surface area contributed by atoms with E-state index < -0.39 is 6.10 Å². The predicted octanol–water partition coefficient (Wildman–Crippen LogP) is 3.13. The molecule has 5 nitrogen and oxygen atoms in total. The van der Waals surface area contributed by atoms with Crippen LogP contribution >= 0.6 is 0 Å². The van der Waals surface area contributed by atoms with E-state index in [1.807, 2.05) is 18.2 Å². The van der Waals surface area contributed by atoms with Crippen molar-refractivity contribution in [3.8, 4) is 0 Å². The number of aliphatic hydroxyl groups is 1. The van der Waals surface area contributed by atoms with Crippen LogP contribution in [0.5, 0.6) is 0 Å². The van der Waals surface area contributed by atoms with Gasteiger partial charge in [-0.25, -0.2) is 0 Å².